The normalized spacial score (nSPS) is 21.9. The van der Waals surface area contributed by atoms with Crippen LogP contribution in [0.1, 0.15) is 42.6 Å². The van der Waals surface area contributed by atoms with Crippen molar-refractivity contribution in [2.45, 2.75) is 39.0 Å². The number of aryl methyl sites for hydroxylation is 2. The Morgan fingerprint density at radius 1 is 1.53 bits per heavy atom. The molecule has 0 aromatic carbocycles. The average molecular weight is 207 g/mol. The highest BCUT2D eigenvalue weighted by Crippen LogP contribution is 2.27. The van der Waals surface area contributed by atoms with Crippen LogP contribution in [0, 0.1) is 6.92 Å². The van der Waals surface area contributed by atoms with Gasteiger partial charge in [0.2, 0.25) is 0 Å². The molecule has 1 aromatic heterocycles. The molecule has 0 bridgehead atoms. The van der Waals surface area contributed by atoms with Crippen molar-refractivity contribution < 1.29 is 0 Å². The van der Waals surface area contributed by atoms with Crippen LogP contribution in [0.4, 0.5) is 0 Å². The summed E-state index contributed by atoms with van der Waals surface area (Å²) >= 11 is 0. The maximum Gasteiger partial charge on any atom is 0.0653 e. The summed E-state index contributed by atoms with van der Waals surface area (Å²) in [5, 5.41) is 8.07. The quantitative estimate of drug-likeness (QED) is 0.801. The summed E-state index contributed by atoms with van der Waals surface area (Å²) in [6, 6.07) is 0. The maximum absolute atomic E-state index is 4.59. The van der Waals surface area contributed by atoms with Crippen LogP contribution in [0.3, 0.4) is 0 Å². The Bertz CT molecular complexity index is 335. The third kappa shape index (κ3) is 1.93. The van der Waals surface area contributed by atoms with Gasteiger partial charge in [-0.15, -0.1) is 0 Å². The second-order valence-corrected chi connectivity index (χ2v) is 4.48. The molecule has 0 saturated carbocycles. The summed E-state index contributed by atoms with van der Waals surface area (Å²) in [4.78, 5) is 0. The van der Waals surface area contributed by atoms with E-state index in [4.69, 9.17) is 0 Å². The van der Waals surface area contributed by atoms with Gasteiger partial charge in [0.15, 0.2) is 0 Å². The van der Waals surface area contributed by atoms with E-state index in [0.29, 0.717) is 5.92 Å². The van der Waals surface area contributed by atoms with Crippen LogP contribution in [0.2, 0.25) is 0 Å². The number of rotatable bonds is 2. The Morgan fingerprint density at radius 2 is 2.33 bits per heavy atom. The first-order valence-electron chi connectivity index (χ1n) is 5.97. The van der Waals surface area contributed by atoms with E-state index in [-0.39, 0.29) is 0 Å². The van der Waals surface area contributed by atoms with Crippen molar-refractivity contribution in [3.05, 3.63) is 17.0 Å². The Hall–Kier alpha value is -0.830. The lowest BCUT2D eigenvalue weighted by atomic mass is 9.93. The Labute approximate surface area is 91.9 Å². The van der Waals surface area contributed by atoms with Crippen molar-refractivity contribution in [3.63, 3.8) is 0 Å². The largest absolute Gasteiger partial charge is 0.316 e. The van der Waals surface area contributed by atoms with E-state index in [1.807, 2.05) is 0 Å². The first-order chi connectivity index (χ1) is 7.24. The topological polar surface area (TPSA) is 29.9 Å². The zero-order valence-electron chi connectivity index (χ0n) is 10.0. The molecule has 1 aromatic rings. The van der Waals surface area contributed by atoms with E-state index in [2.05, 4.69) is 36.0 Å². The van der Waals surface area contributed by atoms with E-state index in [1.165, 1.54) is 36.3 Å². The van der Waals surface area contributed by atoms with Gasteiger partial charge in [-0.2, -0.15) is 5.10 Å². The maximum atomic E-state index is 4.59. The Balaban J connectivity index is 2.29. The van der Waals surface area contributed by atoms with Crippen molar-refractivity contribution >= 4 is 0 Å². The number of piperidine rings is 1. The lowest BCUT2D eigenvalue weighted by Crippen LogP contribution is -2.29. The molecule has 0 spiro atoms. The third-order valence-corrected chi connectivity index (χ3v) is 3.45. The molecule has 3 nitrogen and oxygen atoms in total. The predicted molar refractivity (Wildman–Crippen MR) is 62.2 cm³/mol. The van der Waals surface area contributed by atoms with Crippen LogP contribution in [0.25, 0.3) is 0 Å². The van der Waals surface area contributed by atoms with Gasteiger partial charge in [-0.1, -0.05) is 6.92 Å². The highest BCUT2D eigenvalue weighted by atomic mass is 15.3. The summed E-state index contributed by atoms with van der Waals surface area (Å²) in [6.45, 7) is 6.69. The monoisotopic (exact) mass is 207 g/mol. The van der Waals surface area contributed by atoms with E-state index >= 15 is 0 Å². The highest BCUT2D eigenvalue weighted by molar-refractivity contribution is 5.28. The SMILES string of the molecule is CCc1nn(C)c(C2CCCNC2)c1C. The first-order valence-corrected chi connectivity index (χ1v) is 5.97. The molecule has 1 saturated heterocycles. The van der Waals surface area contributed by atoms with Gasteiger partial charge in [0, 0.05) is 25.2 Å². The fourth-order valence-electron chi connectivity index (χ4n) is 2.69. The van der Waals surface area contributed by atoms with Gasteiger partial charge in [-0.25, -0.2) is 0 Å². The number of aromatic nitrogens is 2. The van der Waals surface area contributed by atoms with Gasteiger partial charge >= 0.3 is 0 Å². The Morgan fingerprint density at radius 3 is 2.87 bits per heavy atom. The Kier molecular flexibility index (Phi) is 3.10. The van der Waals surface area contributed by atoms with Crippen LogP contribution in [0.5, 0.6) is 0 Å². The lowest BCUT2D eigenvalue weighted by Gasteiger charge is -2.23. The molecule has 2 heterocycles. The molecule has 1 aliphatic heterocycles. The van der Waals surface area contributed by atoms with Gasteiger partial charge in [-0.3, -0.25) is 4.68 Å². The minimum Gasteiger partial charge on any atom is -0.316 e. The van der Waals surface area contributed by atoms with E-state index in [9.17, 15) is 0 Å². The summed E-state index contributed by atoms with van der Waals surface area (Å²) in [5.41, 5.74) is 4.12. The molecule has 1 unspecified atom stereocenters. The molecule has 0 radical (unpaired) electrons. The zero-order valence-corrected chi connectivity index (χ0v) is 10.0. The van der Waals surface area contributed by atoms with Crippen molar-refractivity contribution in [1.29, 1.82) is 0 Å². The minimum atomic E-state index is 0.663. The number of nitrogens with zero attached hydrogens (tertiary/aromatic N) is 2. The summed E-state index contributed by atoms with van der Waals surface area (Å²) in [6.07, 6.45) is 3.63. The molecular weight excluding hydrogens is 186 g/mol. The molecule has 15 heavy (non-hydrogen) atoms. The highest BCUT2D eigenvalue weighted by Gasteiger charge is 2.22. The molecule has 1 atom stereocenters. The summed E-state index contributed by atoms with van der Waals surface area (Å²) < 4.78 is 2.09. The van der Waals surface area contributed by atoms with Crippen molar-refractivity contribution in [3.8, 4) is 0 Å². The predicted octanol–water partition coefficient (Wildman–Crippen LogP) is 1.76. The second-order valence-electron chi connectivity index (χ2n) is 4.48. The zero-order chi connectivity index (χ0) is 10.8. The molecule has 1 N–H and O–H groups in total. The molecule has 2 rings (SSSR count). The van der Waals surface area contributed by atoms with Crippen molar-refractivity contribution in [2.75, 3.05) is 13.1 Å². The minimum absolute atomic E-state index is 0.663. The van der Waals surface area contributed by atoms with Gasteiger partial charge in [0.25, 0.3) is 0 Å². The molecule has 0 amide bonds. The van der Waals surface area contributed by atoms with Gasteiger partial charge in [0.05, 0.1) is 5.69 Å². The van der Waals surface area contributed by atoms with Crippen LogP contribution >= 0.6 is 0 Å². The average Bonchev–Trinajstić information content (AvgIpc) is 2.55. The molecule has 3 heteroatoms. The van der Waals surface area contributed by atoms with Crippen molar-refractivity contribution in [1.82, 2.24) is 15.1 Å². The van der Waals surface area contributed by atoms with Crippen LogP contribution in [-0.4, -0.2) is 22.9 Å². The second kappa shape index (κ2) is 4.35. The van der Waals surface area contributed by atoms with Crippen molar-refractivity contribution in [2.24, 2.45) is 7.05 Å². The third-order valence-electron chi connectivity index (χ3n) is 3.45. The summed E-state index contributed by atoms with van der Waals surface area (Å²) in [5.74, 6) is 0.663. The number of hydrogen-bond acceptors (Lipinski definition) is 2. The van der Waals surface area contributed by atoms with E-state index in [1.54, 1.807) is 0 Å². The molecule has 84 valence electrons. The number of hydrogen-bond donors (Lipinski definition) is 1. The van der Waals surface area contributed by atoms with Gasteiger partial charge < -0.3 is 5.32 Å². The van der Waals surface area contributed by atoms with E-state index < -0.39 is 0 Å². The standard InChI is InChI=1S/C12H21N3/c1-4-11-9(2)12(15(3)14-11)10-6-5-7-13-8-10/h10,13H,4-8H2,1-3H3. The smallest absolute Gasteiger partial charge is 0.0653 e. The van der Waals surface area contributed by atoms with Gasteiger partial charge in [0.1, 0.15) is 0 Å². The van der Waals surface area contributed by atoms with Crippen LogP contribution in [-0.2, 0) is 13.5 Å². The molecule has 0 aliphatic carbocycles. The first kappa shape index (κ1) is 10.7. The van der Waals surface area contributed by atoms with Crippen LogP contribution in [0.15, 0.2) is 0 Å². The summed E-state index contributed by atoms with van der Waals surface area (Å²) in [7, 11) is 2.08. The molecule has 1 aliphatic rings. The van der Waals surface area contributed by atoms with Gasteiger partial charge in [-0.05, 0) is 38.3 Å². The lowest BCUT2D eigenvalue weighted by molar-refractivity contribution is 0.440. The fourth-order valence-corrected chi connectivity index (χ4v) is 2.69. The number of nitrogens with one attached hydrogen (secondary N) is 1. The van der Waals surface area contributed by atoms with E-state index in [0.717, 1.165) is 13.0 Å². The molecule has 1 fully saturated rings. The fraction of sp³-hybridized carbons (Fsp3) is 0.750. The molecular formula is C12H21N3. The van der Waals surface area contributed by atoms with Crippen LogP contribution < -0.4 is 5.32 Å².